The molecule has 2 amide bonds. The van der Waals surface area contributed by atoms with Crippen molar-refractivity contribution in [2.24, 2.45) is 14.1 Å². The number of carbonyl (C=O) groups excluding carboxylic acids is 3. The minimum atomic E-state index is -0.708. The standard InChI is InChI=1S/C20H15F2N5O.C18H15F2N5O.C2H3ClO/c1-25-9-14(8-24-25)13-6-16(21)15(17(22)7-13)11-26-10-12-2-3-18-23-4-5-27(18)19(12)20(26)28;1-24-7-12(6-22-24)11-4-14(19)13(15(20)5-11)9-25-8-10-2-3-16(21)23-17(10)18(25)26;3-1-2-4/h2-9H,10-11H2,1H3;2-7H,8-9H2,1H3,(H2,21,23);2H,1H2. The average molecular weight is 813 g/mol. The molecule has 0 aliphatic carbocycles. The van der Waals surface area contributed by atoms with Gasteiger partial charge in [-0.15, -0.1) is 11.6 Å². The fraction of sp³-hybridized carbons (Fsp3) is 0.175. The van der Waals surface area contributed by atoms with Crippen molar-refractivity contribution in [3.8, 4) is 22.3 Å². The molecule has 2 aliphatic rings. The monoisotopic (exact) mass is 812 g/mol. The number of imidazole rings is 1. The van der Waals surface area contributed by atoms with Crippen molar-refractivity contribution < 1.29 is 31.9 Å². The van der Waals surface area contributed by atoms with E-state index < -0.39 is 23.3 Å². The number of carbonyl (C=O) groups is 3. The number of aryl methyl sites for hydroxylation is 2. The molecule has 0 saturated carbocycles. The number of pyridine rings is 2. The van der Waals surface area contributed by atoms with E-state index in [9.17, 15) is 27.2 Å². The summed E-state index contributed by atoms with van der Waals surface area (Å²) in [6.45, 7) is 0.213. The first kappa shape index (κ1) is 39.4. The Morgan fingerprint density at radius 1 is 0.741 bits per heavy atom. The lowest BCUT2D eigenvalue weighted by molar-refractivity contribution is -0.105. The molecule has 2 aromatic carbocycles. The van der Waals surface area contributed by atoms with E-state index >= 15 is 0 Å². The van der Waals surface area contributed by atoms with Gasteiger partial charge in [0.2, 0.25) is 0 Å². The summed E-state index contributed by atoms with van der Waals surface area (Å²) >= 11 is 4.82. The van der Waals surface area contributed by atoms with Crippen LogP contribution in [-0.4, -0.2) is 67.7 Å². The van der Waals surface area contributed by atoms with Gasteiger partial charge in [-0.2, -0.15) is 10.2 Å². The zero-order chi connectivity index (χ0) is 41.2. The highest BCUT2D eigenvalue weighted by Crippen LogP contribution is 2.31. The third-order valence-electron chi connectivity index (χ3n) is 9.47. The second-order valence-corrected chi connectivity index (χ2v) is 13.7. The third-order valence-corrected chi connectivity index (χ3v) is 9.60. The van der Waals surface area contributed by atoms with E-state index in [0.29, 0.717) is 52.0 Å². The van der Waals surface area contributed by atoms with E-state index in [2.05, 4.69) is 20.2 Å². The highest BCUT2D eigenvalue weighted by molar-refractivity contribution is 6.24. The smallest absolute Gasteiger partial charge is 0.273 e. The fourth-order valence-corrected chi connectivity index (χ4v) is 6.69. The molecule has 9 rings (SSSR count). The molecule has 0 bridgehead atoms. The maximum absolute atomic E-state index is 14.7. The SMILES string of the molecule is Cn1cc(-c2cc(F)c(CN3Cc4ccc(N)nc4C3=O)c(F)c2)cn1.Cn1cc(-c2cc(F)c(CN3Cc4ccc5nccn5c4C3=O)c(F)c2)cn1.O=CCCl. The van der Waals surface area contributed by atoms with Crippen molar-refractivity contribution in [2.75, 3.05) is 11.6 Å². The molecule has 5 aromatic heterocycles. The maximum Gasteiger partial charge on any atom is 0.273 e. The Hall–Kier alpha value is -6.88. The number of anilines is 1. The van der Waals surface area contributed by atoms with Crippen molar-refractivity contribution in [3.05, 3.63) is 143 Å². The maximum atomic E-state index is 14.7. The molecule has 58 heavy (non-hydrogen) atoms. The van der Waals surface area contributed by atoms with Gasteiger partial charge < -0.3 is 20.3 Å². The summed E-state index contributed by atoms with van der Waals surface area (Å²) in [4.78, 5) is 45.3. The number of nitrogens with two attached hydrogens (primary N) is 1. The lowest BCUT2D eigenvalue weighted by atomic mass is 10.1. The minimum Gasteiger partial charge on any atom is -0.384 e. The van der Waals surface area contributed by atoms with Crippen LogP contribution in [0.2, 0.25) is 0 Å². The summed E-state index contributed by atoms with van der Waals surface area (Å²) in [6.07, 6.45) is 10.4. The Labute approximate surface area is 332 Å². The van der Waals surface area contributed by atoms with Gasteiger partial charge in [-0.1, -0.05) is 12.1 Å². The molecule has 0 radical (unpaired) electrons. The molecular formula is C40H33ClF4N10O3. The predicted molar refractivity (Wildman–Crippen MR) is 205 cm³/mol. The van der Waals surface area contributed by atoms with Crippen LogP contribution in [-0.2, 0) is 45.1 Å². The number of rotatable bonds is 7. The number of fused-ring (bicyclic) bond motifs is 4. The second kappa shape index (κ2) is 16.3. The van der Waals surface area contributed by atoms with E-state index in [4.69, 9.17) is 22.1 Å². The lowest BCUT2D eigenvalue weighted by Gasteiger charge is -2.17. The van der Waals surface area contributed by atoms with E-state index in [1.54, 1.807) is 71.0 Å². The van der Waals surface area contributed by atoms with Gasteiger partial charge >= 0.3 is 0 Å². The molecule has 13 nitrogen and oxygen atoms in total. The molecule has 7 aromatic rings. The quantitative estimate of drug-likeness (QED) is 0.116. The fourth-order valence-electron chi connectivity index (χ4n) is 6.69. The van der Waals surface area contributed by atoms with Gasteiger partial charge in [-0.3, -0.25) is 23.4 Å². The molecule has 0 fully saturated rings. The van der Waals surface area contributed by atoms with E-state index in [0.717, 1.165) is 5.56 Å². The molecule has 2 aliphatic heterocycles. The largest absolute Gasteiger partial charge is 0.384 e. The summed E-state index contributed by atoms with van der Waals surface area (Å²) in [5, 5.41) is 8.02. The summed E-state index contributed by atoms with van der Waals surface area (Å²) in [7, 11) is 3.46. The number of hydrogen-bond donors (Lipinski definition) is 1. The van der Waals surface area contributed by atoms with Crippen LogP contribution in [0, 0.1) is 23.3 Å². The van der Waals surface area contributed by atoms with Gasteiger partial charge in [-0.05, 0) is 47.5 Å². The van der Waals surface area contributed by atoms with Crippen LogP contribution in [0.4, 0.5) is 23.4 Å². The number of aldehydes is 1. The minimum absolute atomic E-state index is 0.111. The summed E-state index contributed by atoms with van der Waals surface area (Å²) in [6, 6.07) is 12.0. The number of aromatic nitrogens is 7. The van der Waals surface area contributed by atoms with Crippen LogP contribution in [0.3, 0.4) is 0 Å². The second-order valence-electron chi connectivity index (χ2n) is 13.4. The van der Waals surface area contributed by atoms with E-state index in [1.165, 1.54) is 40.3 Å². The van der Waals surface area contributed by atoms with Gasteiger partial charge in [0.1, 0.15) is 52.4 Å². The van der Waals surface area contributed by atoms with Gasteiger partial charge in [0.15, 0.2) is 0 Å². The number of hydrogen-bond acceptors (Lipinski definition) is 8. The van der Waals surface area contributed by atoms with Crippen LogP contribution in [0.25, 0.3) is 27.9 Å². The number of nitrogen functional groups attached to an aromatic ring is 1. The third kappa shape index (κ3) is 7.88. The zero-order valence-corrected chi connectivity index (χ0v) is 31.7. The van der Waals surface area contributed by atoms with Crippen LogP contribution in [0.1, 0.15) is 43.2 Å². The van der Waals surface area contributed by atoms with Crippen molar-refractivity contribution in [3.63, 3.8) is 0 Å². The van der Waals surface area contributed by atoms with Gasteiger partial charge in [-0.25, -0.2) is 27.5 Å². The van der Waals surface area contributed by atoms with E-state index in [1.807, 2.05) is 12.1 Å². The van der Waals surface area contributed by atoms with Gasteiger partial charge in [0.25, 0.3) is 11.8 Å². The first-order valence-electron chi connectivity index (χ1n) is 17.6. The molecule has 7 heterocycles. The first-order valence-corrected chi connectivity index (χ1v) is 18.1. The molecule has 18 heteroatoms. The highest BCUT2D eigenvalue weighted by atomic mass is 35.5. The highest BCUT2D eigenvalue weighted by Gasteiger charge is 2.32. The normalized spacial score (nSPS) is 12.9. The molecule has 296 valence electrons. The lowest BCUT2D eigenvalue weighted by Crippen LogP contribution is -2.25. The summed E-state index contributed by atoms with van der Waals surface area (Å²) < 4.78 is 63.3. The number of alkyl halides is 1. The Morgan fingerprint density at radius 3 is 1.74 bits per heavy atom. The molecule has 2 N–H and O–H groups in total. The summed E-state index contributed by atoms with van der Waals surface area (Å²) in [5.41, 5.74) is 10.2. The van der Waals surface area contributed by atoms with Crippen LogP contribution in [0.5, 0.6) is 0 Å². The molecule has 0 atom stereocenters. The average Bonchev–Trinajstić information content (AvgIpc) is 4.05. The Morgan fingerprint density at radius 2 is 1.24 bits per heavy atom. The molecule has 0 spiro atoms. The number of halogens is 5. The zero-order valence-electron chi connectivity index (χ0n) is 30.9. The van der Waals surface area contributed by atoms with Gasteiger partial charge in [0, 0.05) is 85.4 Å². The van der Waals surface area contributed by atoms with Crippen molar-refractivity contribution in [1.82, 2.24) is 43.7 Å². The molecule has 0 saturated heterocycles. The molecule has 0 unspecified atom stereocenters. The van der Waals surface area contributed by atoms with Crippen LogP contribution >= 0.6 is 11.6 Å². The number of nitrogens with zero attached hydrogens (tertiary/aromatic N) is 9. The van der Waals surface area contributed by atoms with Crippen molar-refractivity contribution >= 4 is 41.2 Å². The van der Waals surface area contributed by atoms with E-state index in [-0.39, 0.29) is 60.0 Å². The Balaban J connectivity index is 0.000000162. The predicted octanol–water partition coefficient (Wildman–Crippen LogP) is 6.09. The van der Waals surface area contributed by atoms with Crippen molar-refractivity contribution in [2.45, 2.75) is 26.2 Å². The Bertz CT molecular complexity index is 2670. The van der Waals surface area contributed by atoms with Crippen molar-refractivity contribution in [1.29, 1.82) is 0 Å². The topological polar surface area (TPSA) is 150 Å². The number of benzene rings is 2. The van der Waals surface area contributed by atoms with Gasteiger partial charge in [0.05, 0.1) is 31.4 Å². The molecular weight excluding hydrogens is 780 g/mol. The first-order chi connectivity index (χ1) is 27.8. The van der Waals surface area contributed by atoms with Crippen LogP contribution in [0.15, 0.2) is 85.7 Å². The Kier molecular flexibility index (Phi) is 11.1. The number of amides is 2. The summed E-state index contributed by atoms with van der Waals surface area (Å²) in [5.74, 6) is -3.10. The van der Waals surface area contributed by atoms with Crippen LogP contribution < -0.4 is 5.73 Å².